The van der Waals surface area contributed by atoms with Crippen LogP contribution < -0.4 is 10.6 Å². The van der Waals surface area contributed by atoms with Crippen molar-refractivity contribution in [3.63, 3.8) is 0 Å². The van der Waals surface area contributed by atoms with Gasteiger partial charge < -0.3 is 15.5 Å². The average Bonchev–Trinajstić information content (AvgIpc) is 3.24. The number of aromatic nitrogens is 2. The molecule has 8 heteroatoms. The lowest BCUT2D eigenvalue weighted by Crippen LogP contribution is -2.41. The van der Waals surface area contributed by atoms with Crippen LogP contribution in [0.2, 0.25) is 0 Å². The van der Waals surface area contributed by atoms with Crippen LogP contribution in [0.5, 0.6) is 0 Å². The highest BCUT2D eigenvalue weighted by molar-refractivity contribution is 9.10. The Labute approximate surface area is 222 Å². The summed E-state index contributed by atoms with van der Waals surface area (Å²) in [4.78, 5) is 27.9. The summed E-state index contributed by atoms with van der Waals surface area (Å²) in [5, 5.41) is 10.7. The van der Waals surface area contributed by atoms with Crippen molar-refractivity contribution in [1.29, 1.82) is 0 Å². The van der Waals surface area contributed by atoms with Gasteiger partial charge in [0.1, 0.15) is 12.4 Å². The van der Waals surface area contributed by atoms with Crippen LogP contribution in [0.25, 0.3) is 5.69 Å². The number of hydrogen-bond acceptors (Lipinski definition) is 3. The van der Waals surface area contributed by atoms with E-state index in [0.717, 1.165) is 40.7 Å². The summed E-state index contributed by atoms with van der Waals surface area (Å²) < 4.78 is 2.56. The Bertz CT molecular complexity index is 1200. The van der Waals surface area contributed by atoms with Crippen molar-refractivity contribution in [3.05, 3.63) is 70.3 Å². The van der Waals surface area contributed by atoms with E-state index >= 15 is 0 Å². The largest absolute Gasteiger partial charge is 0.322 e. The van der Waals surface area contributed by atoms with Crippen LogP contribution in [-0.2, 0) is 10.2 Å². The molecule has 0 radical (unpaired) electrons. The van der Waals surface area contributed by atoms with E-state index in [2.05, 4.69) is 54.3 Å². The van der Waals surface area contributed by atoms with Crippen LogP contribution in [0, 0.1) is 6.92 Å². The van der Waals surface area contributed by atoms with Crippen molar-refractivity contribution in [2.75, 3.05) is 23.7 Å². The van der Waals surface area contributed by atoms with Crippen molar-refractivity contribution < 1.29 is 9.59 Å². The Kier molecular flexibility index (Phi) is 9.31. The fourth-order valence-corrected chi connectivity index (χ4v) is 4.12. The Hall–Kier alpha value is -3.13. The third-order valence-corrected chi connectivity index (χ3v) is 6.55. The number of nitrogens with zero attached hydrogens (tertiary/aromatic N) is 3. The van der Waals surface area contributed by atoms with Gasteiger partial charge in [-0.25, -0.2) is 9.48 Å². The number of para-hydroxylation sites is 2. The number of hydrogen-bond donors (Lipinski definition) is 2. The number of anilines is 2. The highest BCUT2D eigenvalue weighted by Crippen LogP contribution is 2.27. The normalized spacial score (nSPS) is 11.3. The molecule has 0 unspecified atom stereocenters. The molecule has 0 saturated heterocycles. The molecule has 0 spiro atoms. The molecule has 2 N–H and O–H groups in total. The molecule has 0 aliphatic carbocycles. The maximum absolute atomic E-state index is 13.2. The SMILES string of the molecule is CCCCCN(CC(=O)Nc1cc(C(C)(C)C)nn1-c1ccccc1C)C(=O)Nc1ccccc1Br. The number of unbranched alkanes of at least 4 members (excludes halogenated alkanes) is 2. The number of urea groups is 1. The second-order valence-electron chi connectivity index (χ2n) is 9.95. The predicted octanol–water partition coefficient (Wildman–Crippen LogP) is 6.90. The van der Waals surface area contributed by atoms with Gasteiger partial charge in [-0.3, -0.25) is 4.79 Å². The lowest BCUT2D eigenvalue weighted by Gasteiger charge is -2.23. The van der Waals surface area contributed by atoms with Crippen molar-refractivity contribution in [2.45, 2.75) is 59.3 Å². The second kappa shape index (κ2) is 12.2. The number of carbonyl (C=O) groups excluding carboxylic acids is 2. The molecule has 0 aliphatic rings. The minimum atomic E-state index is -0.309. The number of aryl methyl sites for hydroxylation is 1. The lowest BCUT2D eigenvalue weighted by atomic mass is 9.92. The number of nitrogens with one attached hydrogen (secondary N) is 2. The minimum Gasteiger partial charge on any atom is -0.315 e. The van der Waals surface area contributed by atoms with Crippen LogP contribution in [0.3, 0.4) is 0 Å². The van der Waals surface area contributed by atoms with E-state index in [1.165, 1.54) is 0 Å². The summed E-state index contributed by atoms with van der Waals surface area (Å²) in [7, 11) is 0. The summed E-state index contributed by atoms with van der Waals surface area (Å²) in [6.07, 6.45) is 2.83. The standard InChI is InChI=1S/C28H36BrN5O2/c1-6-7-12-17-33(27(36)30-22-15-10-9-14-21(22)29)19-26(35)31-25-18-24(28(3,4)5)32-34(25)23-16-11-8-13-20(23)2/h8-11,13-16,18H,6-7,12,17,19H2,1-5H3,(H,30,36)(H,31,35). The highest BCUT2D eigenvalue weighted by Gasteiger charge is 2.23. The number of rotatable bonds is 9. The predicted molar refractivity (Wildman–Crippen MR) is 150 cm³/mol. The van der Waals surface area contributed by atoms with E-state index < -0.39 is 0 Å². The van der Waals surface area contributed by atoms with Gasteiger partial charge in [0.15, 0.2) is 0 Å². The zero-order valence-corrected chi connectivity index (χ0v) is 23.4. The monoisotopic (exact) mass is 553 g/mol. The fraction of sp³-hybridized carbons (Fsp3) is 0.393. The quantitative estimate of drug-likeness (QED) is 0.282. The third-order valence-electron chi connectivity index (χ3n) is 5.86. The van der Waals surface area contributed by atoms with Gasteiger partial charge in [-0.05, 0) is 53.0 Å². The van der Waals surface area contributed by atoms with Gasteiger partial charge in [-0.1, -0.05) is 70.9 Å². The molecule has 0 atom stereocenters. The van der Waals surface area contributed by atoms with Gasteiger partial charge in [-0.2, -0.15) is 5.10 Å². The molecule has 1 aromatic heterocycles. The van der Waals surface area contributed by atoms with E-state index in [4.69, 9.17) is 5.10 Å². The first-order valence-corrected chi connectivity index (χ1v) is 13.2. The molecule has 7 nitrogen and oxygen atoms in total. The number of amides is 3. The summed E-state index contributed by atoms with van der Waals surface area (Å²) in [6, 6.07) is 16.9. The van der Waals surface area contributed by atoms with Crippen LogP contribution in [-0.4, -0.2) is 39.7 Å². The Balaban J connectivity index is 1.82. The highest BCUT2D eigenvalue weighted by atomic mass is 79.9. The Morgan fingerprint density at radius 3 is 2.39 bits per heavy atom. The lowest BCUT2D eigenvalue weighted by molar-refractivity contribution is -0.116. The maximum atomic E-state index is 13.2. The molecule has 3 amide bonds. The molecule has 36 heavy (non-hydrogen) atoms. The molecule has 3 rings (SSSR count). The molecule has 2 aromatic carbocycles. The second-order valence-corrected chi connectivity index (χ2v) is 10.8. The zero-order valence-electron chi connectivity index (χ0n) is 21.8. The van der Waals surface area contributed by atoms with Gasteiger partial charge in [0, 0.05) is 22.5 Å². The van der Waals surface area contributed by atoms with Crippen LogP contribution in [0.15, 0.2) is 59.1 Å². The van der Waals surface area contributed by atoms with E-state index in [-0.39, 0.29) is 23.9 Å². The van der Waals surface area contributed by atoms with Crippen molar-refractivity contribution in [3.8, 4) is 5.69 Å². The molecule has 0 aliphatic heterocycles. The zero-order chi connectivity index (χ0) is 26.3. The molecular formula is C28H36BrN5O2. The minimum absolute atomic E-state index is 0.0657. The van der Waals surface area contributed by atoms with E-state index in [1.807, 2.05) is 61.5 Å². The first kappa shape index (κ1) is 27.5. The fourth-order valence-electron chi connectivity index (χ4n) is 3.74. The molecule has 0 saturated carbocycles. The number of benzene rings is 2. The summed E-state index contributed by atoms with van der Waals surface area (Å²) in [5.41, 5.74) is 3.28. The first-order chi connectivity index (χ1) is 17.1. The summed E-state index contributed by atoms with van der Waals surface area (Å²) in [5.74, 6) is 0.308. The molecule has 0 fully saturated rings. The smallest absolute Gasteiger partial charge is 0.315 e. The third kappa shape index (κ3) is 7.20. The Morgan fingerprint density at radius 1 is 1.03 bits per heavy atom. The van der Waals surface area contributed by atoms with Gasteiger partial charge in [0.05, 0.1) is 17.1 Å². The number of carbonyl (C=O) groups is 2. The van der Waals surface area contributed by atoms with E-state index in [9.17, 15) is 9.59 Å². The van der Waals surface area contributed by atoms with Gasteiger partial charge in [0.25, 0.3) is 0 Å². The first-order valence-electron chi connectivity index (χ1n) is 12.4. The molecular weight excluding hydrogens is 518 g/mol. The molecule has 3 aromatic rings. The van der Waals surface area contributed by atoms with Crippen molar-refractivity contribution >= 4 is 39.4 Å². The average molecular weight is 555 g/mol. The molecule has 192 valence electrons. The molecule has 0 bridgehead atoms. The van der Waals surface area contributed by atoms with Crippen LogP contribution in [0.4, 0.5) is 16.3 Å². The maximum Gasteiger partial charge on any atom is 0.322 e. The van der Waals surface area contributed by atoms with E-state index in [0.29, 0.717) is 18.1 Å². The van der Waals surface area contributed by atoms with Crippen molar-refractivity contribution in [2.24, 2.45) is 0 Å². The van der Waals surface area contributed by atoms with Gasteiger partial charge in [-0.15, -0.1) is 0 Å². The van der Waals surface area contributed by atoms with Gasteiger partial charge in [0.2, 0.25) is 5.91 Å². The van der Waals surface area contributed by atoms with Crippen LogP contribution >= 0.6 is 15.9 Å². The summed E-state index contributed by atoms with van der Waals surface area (Å²) >= 11 is 3.46. The number of halogens is 1. The molecule has 1 heterocycles. The summed E-state index contributed by atoms with van der Waals surface area (Å²) in [6.45, 7) is 10.8. The van der Waals surface area contributed by atoms with E-state index in [1.54, 1.807) is 9.58 Å². The van der Waals surface area contributed by atoms with Gasteiger partial charge >= 0.3 is 6.03 Å². The Morgan fingerprint density at radius 2 is 1.72 bits per heavy atom. The van der Waals surface area contributed by atoms with Crippen LogP contribution in [0.1, 0.15) is 58.2 Å². The topological polar surface area (TPSA) is 79.3 Å². The van der Waals surface area contributed by atoms with Crippen molar-refractivity contribution in [1.82, 2.24) is 14.7 Å².